The van der Waals surface area contributed by atoms with E-state index >= 15 is 0 Å². The number of likely N-dealkylation sites (tertiary alicyclic amines) is 1. The summed E-state index contributed by atoms with van der Waals surface area (Å²) in [4.78, 5) is 24.3. The van der Waals surface area contributed by atoms with Crippen LogP contribution in [-0.4, -0.2) is 48.2 Å². The minimum Gasteiger partial charge on any atom is -0.444 e. The molecule has 1 fully saturated rings. The van der Waals surface area contributed by atoms with Gasteiger partial charge in [0.05, 0.1) is 6.54 Å². The molecule has 0 aromatic rings. The highest BCUT2D eigenvalue weighted by molar-refractivity contribution is 5.75. The Hall–Kier alpha value is -1.30. The quantitative estimate of drug-likeness (QED) is 0.769. The Bertz CT molecular complexity index is 304. The number of nitrogens with one attached hydrogen (secondary N) is 1. The summed E-state index contributed by atoms with van der Waals surface area (Å²) < 4.78 is 5.19. The molecule has 1 heterocycles. The molecular formula is C12H23N3O3. The molecule has 0 aromatic heterocycles. The number of hydrogen-bond acceptors (Lipinski definition) is 4. The van der Waals surface area contributed by atoms with Crippen molar-refractivity contribution in [1.29, 1.82) is 0 Å². The van der Waals surface area contributed by atoms with Gasteiger partial charge in [0, 0.05) is 19.1 Å². The van der Waals surface area contributed by atoms with E-state index in [2.05, 4.69) is 5.32 Å². The average Bonchev–Trinajstić information content (AvgIpc) is 2.17. The van der Waals surface area contributed by atoms with Crippen LogP contribution in [0.4, 0.5) is 4.79 Å². The molecule has 1 aliphatic heterocycles. The summed E-state index contributed by atoms with van der Waals surface area (Å²) in [6.07, 6.45) is 1.25. The van der Waals surface area contributed by atoms with Gasteiger partial charge in [0.15, 0.2) is 0 Å². The Morgan fingerprint density at radius 2 is 1.89 bits per heavy atom. The number of amides is 2. The highest BCUT2D eigenvalue weighted by Crippen LogP contribution is 2.12. The summed E-state index contributed by atoms with van der Waals surface area (Å²) in [6, 6.07) is 0.115. The zero-order chi connectivity index (χ0) is 13.8. The van der Waals surface area contributed by atoms with Crippen molar-refractivity contribution in [2.75, 3.05) is 19.6 Å². The molecule has 0 unspecified atom stereocenters. The van der Waals surface area contributed by atoms with E-state index in [1.807, 2.05) is 25.7 Å². The standard InChI is InChI=1S/C12H23N3O3/c1-12(2,3)18-11(17)14-9-4-6-15(7-5-9)8-10(13)16/h9H,4-8H2,1-3H3,(H2,13,16)(H,14,17). The van der Waals surface area contributed by atoms with Crippen molar-refractivity contribution in [3.8, 4) is 0 Å². The predicted octanol–water partition coefficient (Wildman–Crippen LogP) is 0.461. The lowest BCUT2D eigenvalue weighted by molar-refractivity contribution is -0.119. The summed E-state index contributed by atoms with van der Waals surface area (Å²) in [7, 11) is 0. The Kier molecular flexibility index (Phi) is 4.95. The number of rotatable bonds is 3. The van der Waals surface area contributed by atoms with Gasteiger partial charge in [-0.1, -0.05) is 0 Å². The maximum atomic E-state index is 11.6. The van der Waals surface area contributed by atoms with Crippen LogP contribution in [0, 0.1) is 0 Å². The number of carbonyl (C=O) groups excluding carboxylic acids is 2. The van der Waals surface area contributed by atoms with Crippen LogP contribution in [0.5, 0.6) is 0 Å². The second kappa shape index (κ2) is 6.04. The van der Waals surface area contributed by atoms with Crippen molar-refractivity contribution in [3.05, 3.63) is 0 Å². The number of primary amides is 1. The zero-order valence-electron chi connectivity index (χ0n) is 11.4. The highest BCUT2D eigenvalue weighted by atomic mass is 16.6. The minimum absolute atomic E-state index is 0.115. The van der Waals surface area contributed by atoms with Crippen molar-refractivity contribution in [3.63, 3.8) is 0 Å². The zero-order valence-corrected chi connectivity index (χ0v) is 11.4. The van der Waals surface area contributed by atoms with Gasteiger partial charge in [0.25, 0.3) is 0 Å². The third-order valence-corrected chi connectivity index (χ3v) is 2.69. The lowest BCUT2D eigenvalue weighted by Crippen LogP contribution is -2.47. The fourth-order valence-electron chi connectivity index (χ4n) is 1.93. The van der Waals surface area contributed by atoms with Crippen molar-refractivity contribution in [2.45, 2.75) is 45.3 Å². The molecule has 0 radical (unpaired) electrons. The maximum absolute atomic E-state index is 11.6. The van der Waals surface area contributed by atoms with E-state index < -0.39 is 5.60 Å². The molecule has 1 saturated heterocycles. The van der Waals surface area contributed by atoms with Crippen LogP contribution in [0.2, 0.25) is 0 Å². The number of ether oxygens (including phenoxy) is 1. The lowest BCUT2D eigenvalue weighted by Gasteiger charge is -2.32. The highest BCUT2D eigenvalue weighted by Gasteiger charge is 2.23. The normalized spacial score (nSPS) is 18.4. The molecule has 6 heteroatoms. The minimum atomic E-state index is -0.475. The lowest BCUT2D eigenvalue weighted by atomic mass is 10.1. The fourth-order valence-corrected chi connectivity index (χ4v) is 1.93. The number of piperidine rings is 1. The molecule has 0 saturated carbocycles. The number of nitrogens with zero attached hydrogens (tertiary/aromatic N) is 1. The second-order valence-corrected chi connectivity index (χ2v) is 5.66. The molecule has 1 rings (SSSR count). The topological polar surface area (TPSA) is 84.7 Å². The number of alkyl carbamates (subject to hydrolysis) is 1. The largest absolute Gasteiger partial charge is 0.444 e. The van der Waals surface area contributed by atoms with E-state index in [-0.39, 0.29) is 18.0 Å². The van der Waals surface area contributed by atoms with Gasteiger partial charge in [0.1, 0.15) is 5.60 Å². The van der Waals surface area contributed by atoms with E-state index in [1.165, 1.54) is 0 Å². The van der Waals surface area contributed by atoms with E-state index in [1.54, 1.807) is 0 Å². The van der Waals surface area contributed by atoms with Crippen molar-refractivity contribution in [2.24, 2.45) is 5.73 Å². The molecule has 6 nitrogen and oxygen atoms in total. The third-order valence-electron chi connectivity index (χ3n) is 2.69. The molecule has 0 bridgehead atoms. The molecule has 18 heavy (non-hydrogen) atoms. The molecule has 2 amide bonds. The molecular weight excluding hydrogens is 234 g/mol. The molecule has 1 aliphatic rings. The Labute approximate surface area is 108 Å². The summed E-state index contributed by atoms with van der Waals surface area (Å²) in [5.74, 6) is -0.312. The Balaban J connectivity index is 2.27. The van der Waals surface area contributed by atoms with E-state index in [0.29, 0.717) is 6.54 Å². The van der Waals surface area contributed by atoms with Gasteiger partial charge < -0.3 is 15.8 Å². The van der Waals surface area contributed by atoms with Crippen LogP contribution in [0.1, 0.15) is 33.6 Å². The summed E-state index contributed by atoms with van der Waals surface area (Å²) >= 11 is 0. The predicted molar refractivity (Wildman–Crippen MR) is 68.0 cm³/mol. The third kappa shape index (κ3) is 5.86. The number of nitrogens with two attached hydrogens (primary N) is 1. The van der Waals surface area contributed by atoms with Gasteiger partial charge in [-0.25, -0.2) is 4.79 Å². The van der Waals surface area contributed by atoms with Crippen molar-refractivity contribution < 1.29 is 14.3 Å². The van der Waals surface area contributed by atoms with Gasteiger partial charge in [-0.3, -0.25) is 9.69 Å². The fraction of sp³-hybridized carbons (Fsp3) is 0.833. The van der Waals surface area contributed by atoms with Gasteiger partial charge in [-0.2, -0.15) is 0 Å². The number of carbonyl (C=O) groups is 2. The molecule has 3 N–H and O–H groups in total. The summed E-state index contributed by atoms with van der Waals surface area (Å²) in [5, 5.41) is 2.85. The van der Waals surface area contributed by atoms with Crippen LogP contribution in [-0.2, 0) is 9.53 Å². The van der Waals surface area contributed by atoms with Crippen LogP contribution < -0.4 is 11.1 Å². The van der Waals surface area contributed by atoms with Gasteiger partial charge in [-0.05, 0) is 33.6 Å². The Morgan fingerprint density at radius 1 is 1.33 bits per heavy atom. The van der Waals surface area contributed by atoms with Crippen molar-refractivity contribution >= 4 is 12.0 Å². The van der Waals surface area contributed by atoms with Gasteiger partial charge in [0.2, 0.25) is 5.91 Å². The maximum Gasteiger partial charge on any atom is 0.407 e. The SMILES string of the molecule is CC(C)(C)OC(=O)NC1CCN(CC(N)=O)CC1. The first-order valence-electron chi connectivity index (χ1n) is 6.26. The van der Waals surface area contributed by atoms with Crippen molar-refractivity contribution in [1.82, 2.24) is 10.2 Å². The molecule has 0 aromatic carbocycles. The first-order valence-corrected chi connectivity index (χ1v) is 6.26. The first-order chi connectivity index (χ1) is 8.26. The average molecular weight is 257 g/mol. The van der Waals surface area contributed by atoms with Gasteiger partial charge >= 0.3 is 6.09 Å². The smallest absolute Gasteiger partial charge is 0.407 e. The molecule has 104 valence electrons. The summed E-state index contributed by atoms with van der Waals surface area (Å²) in [6.45, 7) is 7.33. The van der Waals surface area contributed by atoms with Crippen LogP contribution in [0.15, 0.2) is 0 Å². The second-order valence-electron chi connectivity index (χ2n) is 5.66. The summed E-state index contributed by atoms with van der Waals surface area (Å²) in [5.41, 5.74) is 4.66. The van der Waals surface area contributed by atoms with E-state index in [0.717, 1.165) is 25.9 Å². The molecule has 0 aliphatic carbocycles. The molecule has 0 atom stereocenters. The van der Waals surface area contributed by atoms with Crippen LogP contribution in [0.25, 0.3) is 0 Å². The van der Waals surface area contributed by atoms with Gasteiger partial charge in [-0.15, -0.1) is 0 Å². The first kappa shape index (κ1) is 14.8. The van der Waals surface area contributed by atoms with Crippen LogP contribution >= 0.6 is 0 Å². The van der Waals surface area contributed by atoms with E-state index in [9.17, 15) is 9.59 Å². The van der Waals surface area contributed by atoms with Crippen LogP contribution in [0.3, 0.4) is 0 Å². The Morgan fingerprint density at radius 3 is 2.33 bits per heavy atom. The number of hydrogen-bond donors (Lipinski definition) is 2. The molecule has 0 spiro atoms. The monoisotopic (exact) mass is 257 g/mol. The van der Waals surface area contributed by atoms with E-state index in [4.69, 9.17) is 10.5 Å².